The van der Waals surface area contributed by atoms with E-state index in [1.165, 1.54) is 29.2 Å². The van der Waals surface area contributed by atoms with Gasteiger partial charge < -0.3 is 10.2 Å². The summed E-state index contributed by atoms with van der Waals surface area (Å²) < 4.78 is 29.4. The Morgan fingerprint density at radius 2 is 1.43 bits per heavy atom. The zero-order valence-corrected chi connectivity index (χ0v) is 29.1. The molecule has 0 aliphatic rings. The van der Waals surface area contributed by atoms with Gasteiger partial charge >= 0.3 is 0 Å². The number of hydrogen-bond acceptors (Lipinski definition) is 4. The van der Waals surface area contributed by atoms with Crippen LogP contribution in [0.25, 0.3) is 0 Å². The molecule has 11 heteroatoms. The van der Waals surface area contributed by atoms with Crippen LogP contribution in [0.4, 0.5) is 5.69 Å². The normalized spacial score (nSPS) is 12.3. The first kappa shape index (κ1) is 35.3. The van der Waals surface area contributed by atoms with Crippen molar-refractivity contribution in [1.29, 1.82) is 0 Å². The highest BCUT2D eigenvalue weighted by Crippen LogP contribution is 2.29. The van der Waals surface area contributed by atoms with Crippen LogP contribution in [0.15, 0.2) is 102 Å². The van der Waals surface area contributed by atoms with Gasteiger partial charge in [0, 0.05) is 23.5 Å². The Labute approximate surface area is 286 Å². The molecule has 1 N–H and O–H groups in total. The fourth-order valence-corrected chi connectivity index (χ4v) is 6.86. The molecule has 242 valence electrons. The molecule has 0 heterocycles. The van der Waals surface area contributed by atoms with Crippen molar-refractivity contribution in [1.82, 2.24) is 10.2 Å². The molecule has 0 aliphatic heterocycles. The van der Waals surface area contributed by atoms with Gasteiger partial charge in [-0.15, -0.1) is 0 Å². The number of nitrogens with zero attached hydrogens (tertiary/aromatic N) is 2. The van der Waals surface area contributed by atoms with Crippen molar-refractivity contribution < 1.29 is 18.0 Å². The molecule has 0 saturated heterocycles. The Bertz CT molecular complexity index is 1790. The molecule has 1 atom stereocenters. The van der Waals surface area contributed by atoms with Crippen molar-refractivity contribution in [3.63, 3.8) is 0 Å². The smallest absolute Gasteiger partial charge is 0.264 e. The van der Waals surface area contributed by atoms with Gasteiger partial charge in [-0.25, -0.2) is 8.42 Å². The first-order valence-corrected chi connectivity index (χ1v) is 17.2. The monoisotopic (exact) mass is 699 g/mol. The maximum Gasteiger partial charge on any atom is 0.264 e. The number of rotatable bonds is 11. The third kappa shape index (κ3) is 9.04. The third-order valence-corrected chi connectivity index (χ3v) is 9.94. The molecule has 4 rings (SSSR count). The largest absolute Gasteiger partial charge is 0.350 e. The van der Waals surface area contributed by atoms with E-state index in [2.05, 4.69) is 5.32 Å². The van der Waals surface area contributed by atoms with E-state index in [1.54, 1.807) is 49.4 Å². The summed E-state index contributed by atoms with van der Waals surface area (Å²) in [5.74, 6) is -0.968. The van der Waals surface area contributed by atoms with Gasteiger partial charge in [0.2, 0.25) is 11.8 Å². The minimum absolute atomic E-state index is 0.0321. The van der Waals surface area contributed by atoms with E-state index in [4.69, 9.17) is 34.8 Å². The van der Waals surface area contributed by atoms with E-state index in [0.717, 1.165) is 9.87 Å². The molecule has 4 aromatic carbocycles. The molecule has 0 spiro atoms. The van der Waals surface area contributed by atoms with Crippen LogP contribution in [-0.4, -0.2) is 43.3 Å². The zero-order valence-electron chi connectivity index (χ0n) is 26.0. The molecule has 0 saturated carbocycles. The maximum atomic E-state index is 14.6. The number of amides is 2. The van der Waals surface area contributed by atoms with Crippen molar-refractivity contribution in [2.24, 2.45) is 0 Å². The summed E-state index contributed by atoms with van der Waals surface area (Å²) in [5.41, 5.74) is 1.82. The van der Waals surface area contributed by atoms with Crippen molar-refractivity contribution in [3.05, 3.63) is 129 Å². The first-order valence-electron chi connectivity index (χ1n) is 14.6. The van der Waals surface area contributed by atoms with E-state index >= 15 is 0 Å². The average Bonchev–Trinajstić information content (AvgIpc) is 2.99. The van der Waals surface area contributed by atoms with Crippen LogP contribution < -0.4 is 9.62 Å². The Kier molecular flexibility index (Phi) is 11.4. The number of benzene rings is 4. The Morgan fingerprint density at radius 3 is 2.04 bits per heavy atom. The van der Waals surface area contributed by atoms with Gasteiger partial charge in [-0.2, -0.15) is 0 Å². The number of sulfonamides is 1. The average molecular weight is 701 g/mol. The highest BCUT2D eigenvalue weighted by atomic mass is 35.5. The molecule has 0 radical (unpaired) electrons. The molecular weight excluding hydrogens is 665 g/mol. The van der Waals surface area contributed by atoms with Crippen molar-refractivity contribution in [2.75, 3.05) is 10.8 Å². The summed E-state index contributed by atoms with van der Waals surface area (Å²) in [6.45, 7) is 6.72. The van der Waals surface area contributed by atoms with Crippen LogP contribution in [0.3, 0.4) is 0 Å². The van der Waals surface area contributed by atoms with Crippen molar-refractivity contribution >= 4 is 62.3 Å². The van der Waals surface area contributed by atoms with E-state index < -0.39 is 34.1 Å². The summed E-state index contributed by atoms with van der Waals surface area (Å²) in [7, 11) is -4.25. The Balaban J connectivity index is 1.84. The van der Waals surface area contributed by atoms with Gasteiger partial charge in [0.15, 0.2) is 0 Å². The van der Waals surface area contributed by atoms with Crippen LogP contribution in [0.5, 0.6) is 0 Å². The Hall–Kier alpha value is -3.56. The van der Waals surface area contributed by atoms with Crippen LogP contribution >= 0.6 is 34.8 Å². The summed E-state index contributed by atoms with van der Waals surface area (Å²) in [6, 6.07) is 26.0. The number of halogens is 3. The minimum atomic E-state index is -4.25. The van der Waals surface area contributed by atoms with E-state index in [0.29, 0.717) is 26.9 Å². The first-order chi connectivity index (χ1) is 21.7. The van der Waals surface area contributed by atoms with E-state index in [9.17, 15) is 18.0 Å². The quantitative estimate of drug-likeness (QED) is 0.174. The summed E-state index contributed by atoms with van der Waals surface area (Å²) in [6.07, 6.45) is 0.185. The molecule has 0 bridgehead atoms. The van der Waals surface area contributed by atoms with Crippen LogP contribution in [0, 0.1) is 6.92 Å². The van der Waals surface area contributed by atoms with E-state index in [1.807, 2.05) is 51.1 Å². The van der Waals surface area contributed by atoms with Gasteiger partial charge in [0.25, 0.3) is 10.0 Å². The molecule has 2 amide bonds. The fraction of sp³-hybridized carbons (Fsp3) is 0.257. The lowest BCUT2D eigenvalue weighted by molar-refractivity contribution is -0.140. The number of nitrogens with one attached hydrogen (secondary N) is 1. The van der Waals surface area contributed by atoms with Crippen molar-refractivity contribution in [2.45, 2.75) is 57.1 Å². The minimum Gasteiger partial charge on any atom is -0.350 e. The lowest BCUT2D eigenvalue weighted by atomic mass is 10.0. The fourth-order valence-electron chi connectivity index (χ4n) is 4.93. The predicted octanol–water partition coefficient (Wildman–Crippen LogP) is 7.71. The second kappa shape index (κ2) is 14.9. The van der Waals surface area contributed by atoms with Gasteiger partial charge in [0.1, 0.15) is 12.6 Å². The van der Waals surface area contributed by atoms with Crippen molar-refractivity contribution in [3.8, 4) is 0 Å². The Morgan fingerprint density at radius 1 is 0.804 bits per heavy atom. The SMILES string of the molecule is Cc1ccccc1N(CC(=O)N(Cc1ccc(Cl)c(Cl)c1)[C@@H](Cc1ccccc1)C(=O)NC(C)(C)C)S(=O)(=O)c1ccc(Cl)cc1. The number of aryl methyl sites for hydroxylation is 1. The zero-order chi connectivity index (χ0) is 33.6. The van der Waals surface area contributed by atoms with Crippen LogP contribution in [-0.2, 0) is 32.6 Å². The van der Waals surface area contributed by atoms with Gasteiger partial charge in [0.05, 0.1) is 20.6 Å². The van der Waals surface area contributed by atoms with Gasteiger partial charge in [-0.05, 0) is 86.8 Å². The molecule has 7 nitrogen and oxygen atoms in total. The van der Waals surface area contributed by atoms with Gasteiger partial charge in [-0.3, -0.25) is 13.9 Å². The molecule has 0 aromatic heterocycles. The molecule has 4 aromatic rings. The molecule has 0 unspecified atom stereocenters. The summed E-state index contributed by atoms with van der Waals surface area (Å²) in [4.78, 5) is 30.0. The summed E-state index contributed by atoms with van der Waals surface area (Å²) in [5, 5.41) is 4.02. The van der Waals surface area contributed by atoms with Crippen LogP contribution in [0.1, 0.15) is 37.5 Å². The maximum absolute atomic E-state index is 14.6. The van der Waals surface area contributed by atoms with E-state index in [-0.39, 0.29) is 28.8 Å². The number of para-hydroxylation sites is 1. The van der Waals surface area contributed by atoms with Gasteiger partial charge in [-0.1, -0.05) is 89.4 Å². The predicted molar refractivity (Wildman–Crippen MR) is 186 cm³/mol. The topological polar surface area (TPSA) is 86.8 Å². The molecule has 46 heavy (non-hydrogen) atoms. The third-order valence-electron chi connectivity index (χ3n) is 7.17. The molecular formula is C35H36Cl3N3O4S. The number of hydrogen-bond donors (Lipinski definition) is 1. The summed E-state index contributed by atoms with van der Waals surface area (Å²) >= 11 is 18.6. The lowest BCUT2D eigenvalue weighted by Crippen LogP contribution is -2.56. The van der Waals surface area contributed by atoms with Crippen LogP contribution in [0.2, 0.25) is 15.1 Å². The second-order valence-electron chi connectivity index (χ2n) is 12.0. The highest BCUT2D eigenvalue weighted by molar-refractivity contribution is 7.92. The standard InChI is InChI=1S/C35H36Cl3N3O4S/c1-24-10-8-9-13-31(24)41(46(44,45)28-17-15-27(36)16-18-28)23-33(42)40(22-26-14-19-29(37)30(38)20-26)32(34(43)39-35(2,3)4)21-25-11-6-5-7-12-25/h5-20,32H,21-23H2,1-4H3,(H,39,43)/t32-/m0/s1. The molecule has 0 aliphatic carbocycles. The highest BCUT2D eigenvalue weighted by Gasteiger charge is 2.36. The molecule has 0 fully saturated rings. The number of carbonyl (C=O) groups excluding carboxylic acids is 2. The lowest BCUT2D eigenvalue weighted by Gasteiger charge is -2.35. The number of carbonyl (C=O) groups is 2. The number of anilines is 1. The second-order valence-corrected chi connectivity index (χ2v) is 15.1.